The van der Waals surface area contributed by atoms with Crippen molar-refractivity contribution < 1.29 is 18.7 Å². The van der Waals surface area contributed by atoms with Crippen LogP contribution in [0.1, 0.15) is 29.0 Å². The summed E-state index contributed by atoms with van der Waals surface area (Å²) in [6, 6.07) is 11.8. The van der Waals surface area contributed by atoms with Crippen LogP contribution in [-0.4, -0.2) is 35.2 Å². The van der Waals surface area contributed by atoms with Crippen molar-refractivity contribution in [3.8, 4) is 17.2 Å². The predicted octanol–water partition coefficient (Wildman–Crippen LogP) is 4.50. The van der Waals surface area contributed by atoms with Gasteiger partial charge >= 0.3 is 0 Å². The van der Waals surface area contributed by atoms with E-state index in [0.717, 1.165) is 16.8 Å². The zero-order chi connectivity index (χ0) is 21.3. The van der Waals surface area contributed by atoms with Crippen LogP contribution in [0.2, 0.25) is 0 Å². The van der Waals surface area contributed by atoms with Crippen molar-refractivity contribution in [3.05, 3.63) is 65.1 Å². The minimum Gasteiger partial charge on any atom is -0.493 e. The largest absolute Gasteiger partial charge is 0.493 e. The molecule has 0 fully saturated rings. The number of hydrogen-bond donors (Lipinski definition) is 1. The molecule has 1 aliphatic rings. The molecule has 0 spiro atoms. The predicted molar refractivity (Wildman–Crippen MR) is 115 cm³/mol. The number of ether oxygens (including phenoxy) is 2. The van der Waals surface area contributed by atoms with Gasteiger partial charge in [0.15, 0.2) is 11.5 Å². The molecule has 2 aromatic carbocycles. The minimum atomic E-state index is -0.326. The Morgan fingerprint density at radius 3 is 2.70 bits per heavy atom. The number of carbonyl (C=O) groups is 1. The van der Waals surface area contributed by atoms with Crippen LogP contribution in [0.3, 0.4) is 0 Å². The Morgan fingerprint density at radius 1 is 1.23 bits per heavy atom. The number of carbonyl (C=O) groups excluding carboxylic acids is 1. The van der Waals surface area contributed by atoms with Crippen molar-refractivity contribution in [2.75, 3.05) is 24.8 Å². The summed E-state index contributed by atoms with van der Waals surface area (Å²) >= 11 is 1.53. The van der Waals surface area contributed by atoms with Crippen LogP contribution in [-0.2, 0) is 4.79 Å². The molecule has 30 heavy (non-hydrogen) atoms. The third kappa shape index (κ3) is 3.75. The lowest BCUT2D eigenvalue weighted by Crippen LogP contribution is -2.15. The van der Waals surface area contributed by atoms with Crippen molar-refractivity contribution in [2.45, 2.75) is 19.1 Å². The van der Waals surface area contributed by atoms with Gasteiger partial charge < -0.3 is 14.8 Å². The summed E-state index contributed by atoms with van der Waals surface area (Å²) in [5.41, 5.74) is 3.37. The number of benzene rings is 2. The smallest absolute Gasteiger partial charge is 0.235 e. The number of nitrogens with one attached hydrogen (secondary N) is 1. The van der Waals surface area contributed by atoms with Crippen molar-refractivity contribution in [2.24, 2.45) is 0 Å². The highest BCUT2D eigenvalue weighted by molar-refractivity contribution is 8.00. The number of fused-ring (bicyclic) bond motifs is 1. The summed E-state index contributed by atoms with van der Waals surface area (Å²) in [5.74, 6) is 1.79. The Kier molecular flexibility index (Phi) is 5.67. The first-order valence-corrected chi connectivity index (χ1v) is 10.6. The number of aryl methyl sites for hydroxylation is 1. The fraction of sp³-hybridized carbons (Fsp3) is 0.273. The maximum Gasteiger partial charge on any atom is 0.235 e. The van der Waals surface area contributed by atoms with Gasteiger partial charge in [0, 0.05) is 5.56 Å². The molecule has 4 rings (SSSR count). The van der Waals surface area contributed by atoms with E-state index < -0.39 is 0 Å². The van der Waals surface area contributed by atoms with Crippen LogP contribution in [0, 0.1) is 12.7 Å². The van der Waals surface area contributed by atoms with Crippen LogP contribution >= 0.6 is 11.8 Å². The standard InChI is InChI=1S/C22H22FN3O3S/c1-4-29-17-10-5-14(11-18(17)28-3)21-20-13(2)25-26(16-8-6-15(23)7-9-16)22(20)24-19(27)12-30-21/h5-11,21H,4,12H2,1-3H3,(H,24,27). The number of aromatic nitrogens is 2. The first-order valence-electron chi connectivity index (χ1n) is 9.59. The number of amides is 1. The minimum absolute atomic E-state index is 0.107. The molecular weight excluding hydrogens is 405 g/mol. The first-order chi connectivity index (χ1) is 14.5. The van der Waals surface area contributed by atoms with Crippen molar-refractivity contribution in [3.63, 3.8) is 0 Å². The molecule has 0 saturated heterocycles. The summed E-state index contributed by atoms with van der Waals surface area (Å²) in [6.45, 7) is 4.38. The van der Waals surface area contributed by atoms with Gasteiger partial charge in [0.1, 0.15) is 11.6 Å². The normalized spacial score (nSPS) is 15.9. The Labute approximate surface area is 178 Å². The fourth-order valence-electron chi connectivity index (χ4n) is 3.54. The molecule has 1 amide bonds. The molecule has 2 heterocycles. The van der Waals surface area contributed by atoms with Crippen LogP contribution in [0.4, 0.5) is 10.2 Å². The summed E-state index contributed by atoms with van der Waals surface area (Å²) in [6.07, 6.45) is 0. The third-order valence-corrected chi connectivity index (χ3v) is 6.14. The van der Waals surface area contributed by atoms with E-state index >= 15 is 0 Å². The summed E-state index contributed by atoms with van der Waals surface area (Å²) in [7, 11) is 1.61. The topological polar surface area (TPSA) is 65.4 Å². The zero-order valence-corrected chi connectivity index (χ0v) is 17.8. The highest BCUT2D eigenvalue weighted by Gasteiger charge is 2.31. The summed E-state index contributed by atoms with van der Waals surface area (Å²) in [5, 5.41) is 7.49. The second kappa shape index (κ2) is 8.39. The van der Waals surface area contributed by atoms with Crippen LogP contribution in [0.5, 0.6) is 11.5 Å². The van der Waals surface area contributed by atoms with Gasteiger partial charge in [0.05, 0.1) is 36.1 Å². The lowest BCUT2D eigenvalue weighted by atomic mass is 10.0. The van der Waals surface area contributed by atoms with E-state index in [9.17, 15) is 9.18 Å². The zero-order valence-electron chi connectivity index (χ0n) is 16.9. The molecule has 8 heteroatoms. The van der Waals surface area contributed by atoms with Gasteiger partial charge in [-0.25, -0.2) is 9.07 Å². The maximum absolute atomic E-state index is 13.4. The average Bonchev–Trinajstić information content (AvgIpc) is 2.94. The number of nitrogens with zero attached hydrogens (tertiary/aromatic N) is 2. The number of halogens is 1. The highest BCUT2D eigenvalue weighted by atomic mass is 32.2. The molecule has 1 unspecified atom stereocenters. The molecule has 6 nitrogen and oxygen atoms in total. The van der Waals surface area contributed by atoms with Gasteiger partial charge in [-0.15, -0.1) is 11.8 Å². The number of methoxy groups -OCH3 is 1. The quantitative estimate of drug-likeness (QED) is 0.649. The number of rotatable bonds is 5. The van der Waals surface area contributed by atoms with E-state index in [1.54, 1.807) is 23.9 Å². The van der Waals surface area contributed by atoms with E-state index in [-0.39, 0.29) is 17.0 Å². The van der Waals surface area contributed by atoms with E-state index in [1.165, 1.54) is 23.9 Å². The fourth-order valence-corrected chi connectivity index (χ4v) is 4.72. The monoisotopic (exact) mass is 427 g/mol. The second-order valence-electron chi connectivity index (χ2n) is 6.82. The summed E-state index contributed by atoms with van der Waals surface area (Å²) < 4.78 is 26.2. The second-order valence-corrected chi connectivity index (χ2v) is 7.91. The molecule has 1 aromatic heterocycles. The van der Waals surface area contributed by atoms with Crippen LogP contribution < -0.4 is 14.8 Å². The van der Waals surface area contributed by atoms with E-state index in [0.29, 0.717) is 35.4 Å². The summed E-state index contributed by atoms with van der Waals surface area (Å²) in [4.78, 5) is 12.5. The Morgan fingerprint density at radius 2 is 2.00 bits per heavy atom. The molecule has 1 aliphatic heterocycles. The van der Waals surface area contributed by atoms with Gasteiger partial charge in [0.25, 0.3) is 0 Å². The van der Waals surface area contributed by atoms with Crippen molar-refractivity contribution in [1.29, 1.82) is 0 Å². The number of thioether (sulfide) groups is 1. The number of hydrogen-bond acceptors (Lipinski definition) is 5. The van der Waals surface area contributed by atoms with Crippen molar-refractivity contribution in [1.82, 2.24) is 9.78 Å². The first kappa shape index (κ1) is 20.3. The number of anilines is 1. The van der Waals surface area contributed by atoms with E-state index in [2.05, 4.69) is 10.4 Å². The molecule has 0 saturated carbocycles. The Bertz CT molecular complexity index is 1080. The van der Waals surface area contributed by atoms with E-state index in [1.807, 2.05) is 32.0 Å². The van der Waals surface area contributed by atoms with Crippen LogP contribution in [0.15, 0.2) is 42.5 Å². The van der Waals surface area contributed by atoms with Gasteiger partial charge in [0.2, 0.25) is 5.91 Å². The van der Waals surface area contributed by atoms with Crippen LogP contribution in [0.25, 0.3) is 5.69 Å². The van der Waals surface area contributed by atoms with Gasteiger partial charge in [-0.2, -0.15) is 5.10 Å². The molecule has 156 valence electrons. The lowest BCUT2D eigenvalue weighted by molar-refractivity contribution is -0.113. The Balaban J connectivity index is 1.83. The molecule has 1 atom stereocenters. The van der Waals surface area contributed by atoms with E-state index in [4.69, 9.17) is 9.47 Å². The molecule has 0 radical (unpaired) electrons. The van der Waals surface area contributed by atoms with Gasteiger partial charge in [-0.05, 0) is 55.8 Å². The molecule has 1 N–H and O–H groups in total. The van der Waals surface area contributed by atoms with Gasteiger partial charge in [-0.1, -0.05) is 6.07 Å². The average molecular weight is 428 g/mol. The highest BCUT2D eigenvalue weighted by Crippen LogP contribution is 2.45. The molecule has 0 aliphatic carbocycles. The Hall–Kier alpha value is -3.00. The molecule has 0 bridgehead atoms. The third-order valence-electron chi connectivity index (χ3n) is 4.87. The van der Waals surface area contributed by atoms with Crippen molar-refractivity contribution >= 4 is 23.5 Å². The maximum atomic E-state index is 13.4. The molecular formula is C22H22FN3O3S. The lowest BCUT2D eigenvalue weighted by Gasteiger charge is -2.18. The van der Waals surface area contributed by atoms with Gasteiger partial charge in [-0.3, -0.25) is 4.79 Å². The molecule has 3 aromatic rings. The SMILES string of the molecule is CCOc1ccc(C2SCC(=O)Nc3c2c(C)nn3-c2ccc(F)cc2)cc1OC.